The summed E-state index contributed by atoms with van der Waals surface area (Å²) in [6.07, 6.45) is 0. The second-order valence-corrected chi connectivity index (χ2v) is 14.4. The number of hydrogen-bond acceptors (Lipinski definition) is 3. The van der Waals surface area contributed by atoms with E-state index in [4.69, 9.17) is 5.73 Å². The molecular formula is C22H26N2O2SSi. The summed E-state index contributed by atoms with van der Waals surface area (Å²) >= 11 is 0. The van der Waals surface area contributed by atoms with Gasteiger partial charge >= 0.3 is 0 Å². The van der Waals surface area contributed by atoms with Gasteiger partial charge in [-0.1, -0.05) is 87.5 Å². The monoisotopic (exact) mass is 410 g/mol. The third kappa shape index (κ3) is 3.76. The lowest BCUT2D eigenvalue weighted by molar-refractivity contribution is 0.590. The zero-order valence-electron chi connectivity index (χ0n) is 16.4. The molecular weight excluding hydrogens is 384 g/mol. The Morgan fingerprint density at radius 1 is 0.786 bits per heavy atom. The highest BCUT2D eigenvalue weighted by Crippen LogP contribution is 2.35. The smallest absolute Gasteiger partial charge is 0.235 e. The highest BCUT2D eigenvalue weighted by molar-refractivity contribution is 7.91. The van der Waals surface area contributed by atoms with Crippen LogP contribution in [-0.4, -0.2) is 16.7 Å². The number of sulfonamides is 1. The van der Waals surface area contributed by atoms with Gasteiger partial charge in [0, 0.05) is 5.69 Å². The molecule has 3 aromatic rings. The topological polar surface area (TPSA) is 72.2 Å². The molecule has 0 heterocycles. The number of nitrogens with two attached hydrogens (primary N) is 1. The molecule has 0 amide bonds. The van der Waals surface area contributed by atoms with Crippen LogP contribution in [-0.2, 0) is 10.0 Å². The first kappa shape index (κ1) is 20.3. The third-order valence-corrected chi connectivity index (χ3v) is 12.8. The highest BCUT2D eigenvalue weighted by atomic mass is 32.2. The van der Waals surface area contributed by atoms with Crippen LogP contribution in [0.15, 0.2) is 89.8 Å². The Balaban J connectivity index is 2.28. The molecule has 3 N–H and O–H groups in total. The first-order valence-electron chi connectivity index (χ1n) is 9.17. The molecule has 0 aliphatic carbocycles. The minimum Gasteiger partial charge on any atom is -0.399 e. The second-order valence-electron chi connectivity index (χ2n) is 7.91. The van der Waals surface area contributed by atoms with Gasteiger partial charge in [0.1, 0.15) is 0 Å². The number of benzene rings is 3. The van der Waals surface area contributed by atoms with Crippen molar-refractivity contribution in [3.63, 3.8) is 0 Å². The molecule has 0 spiro atoms. The molecule has 6 heteroatoms. The Morgan fingerprint density at radius 3 is 1.71 bits per heavy atom. The predicted octanol–water partition coefficient (Wildman–Crippen LogP) is 3.11. The number of rotatable bonds is 5. The summed E-state index contributed by atoms with van der Waals surface area (Å²) in [7, 11) is -6.75. The summed E-state index contributed by atoms with van der Waals surface area (Å²) in [5.41, 5.74) is 6.27. The standard InChI is InChI=1S/C22H26N2O2SSi/c1-22(2,3)28(20-13-6-4-7-14-20,21-15-8-5-9-16-21)24-27(25,26)19-12-10-11-18(23)17-19/h4-17,24H,23H2,1-3H3. The van der Waals surface area contributed by atoms with E-state index in [1.807, 2.05) is 60.7 Å². The van der Waals surface area contributed by atoms with Gasteiger partial charge < -0.3 is 5.73 Å². The molecule has 0 atom stereocenters. The van der Waals surface area contributed by atoms with E-state index in [0.29, 0.717) is 5.69 Å². The fourth-order valence-corrected chi connectivity index (χ4v) is 11.9. The molecule has 0 saturated heterocycles. The summed E-state index contributed by atoms with van der Waals surface area (Å²) in [5, 5.41) is 1.70. The lowest BCUT2D eigenvalue weighted by Crippen LogP contribution is -2.74. The van der Waals surface area contributed by atoms with Crippen molar-refractivity contribution in [1.82, 2.24) is 4.39 Å². The molecule has 0 aliphatic rings. The lowest BCUT2D eigenvalue weighted by Gasteiger charge is -2.43. The quantitative estimate of drug-likeness (QED) is 0.501. The highest BCUT2D eigenvalue weighted by Gasteiger charge is 2.51. The van der Waals surface area contributed by atoms with Crippen molar-refractivity contribution in [1.29, 1.82) is 0 Å². The van der Waals surface area contributed by atoms with Gasteiger partial charge in [-0.3, -0.25) is 0 Å². The van der Waals surface area contributed by atoms with E-state index in [2.05, 4.69) is 25.2 Å². The maximum Gasteiger partial charge on any atom is 0.235 e. The zero-order chi connectivity index (χ0) is 20.4. The van der Waals surface area contributed by atoms with Gasteiger partial charge in [-0.05, 0) is 33.6 Å². The molecule has 0 saturated carbocycles. The molecule has 146 valence electrons. The fraction of sp³-hybridized carbons (Fsp3) is 0.182. The van der Waals surface area contributed by atoms with Crippen LogP contribution in [0.25, 0.3) is 0 Å². The van der Waals surface area contributed by atoms with Crippen molar-refractivity contribution in [2.45, 2.75) is 30.7 Å². The fourth-order valence-electron chi connectivity index (χ4n) is 3.62. The molecule has 3 aromatic carbocycles. The molecule has 0 aromatic heterocycles. The number of hydrogen-bond donors (Lipinski definition) is 2. The van der Waals surface area contributed by atoms with Gasteiger partial charge in [0.2, 0.25) is 18.3 Å². The Bertz CT molecular complexity index is 1010. The maximum absolute atomic E-state index is 13.5. The molecule has 28 heavy (non-hydrogen) atoms. The normalized spacial score (nSPS) is 12.7. The van der Waals surface area contributed by atoms with Crippen LogP contribution in [0.3, 0.4) is 0 Å². The molecule has 0 aliphatic heterocycles. The van der Waals surface area contributed by atoms with E-state index < -0.39 is 18.3 Å². The van der Waals surface area contributed by atoms with Crippen LogP contribution in [0.2, 0.25) is 5.04 Å². The first-order chi connectivity index (χ1) is 13.2. The lowest BCUT2D eigenvalue weighted by atomic mass is 10.2. The van der Waals surface area contributed by atoms with Crippen LogP contribution < -0.4 is 20.5 Å². The average molecular weight is 411 g/mol. The van der Waals surface area contributed by atoms with E-state index in [1.165, 1.54) is 6.07 Å². The van der Waals surface area contributed by atoms with Gasteiger partial charge in [0.25, 0.3) is 0 Å². The van der Waals surface area contributed by atoms with Crippen molar-refractivity contribution in [2.75, 3.05) is 5.73 Å². The summed E-state index contributed by atoms with van der Waals surface area (Å²) < 4.78 is 30.1. The van der Waals surface area contributed by atoms with E-state index in [1.54, 1.807) is 18.2 Å². The largest absolute Gasteiger partial charge is 0.399 e. The molecule has 0 fully saturated rings. The maximum atomic E-state index is 13.5. The van der Waals surface area contributed by atoms with Crippen LogP contribution in [0.4, 0.5) is 5.69 Å². The van der Waals surface area contributed by atoms with Crippen LogP contribution in [0, 0.1) is 0 Å². The van der Waals surface area contributed by atoms with Crippen molar-refractivity contribution in [2.24, 2.45) is 0 Å². The minimum atomic E-state index is -3.79. The Labute approximate surface area is 168 Å². The SMILES string of the molecule is CC(C)(C)[Si](NS(=O)(=O)c1cccc(N)c1)(c1ccccc1)c1ccccc1. The first-order valence-corrected chi connectivity index (χ1v) is 12.7. The summed E-state index contributed by atoms with van der Waals surface area (Å²) in [6, 6.07) is 26.2. The summed E-state index contributed by atoms with van der Waals surface area (Å²) in [4.78, 5) is 0.181. The number of anilines is 1. The molecule has 4 nitrogen and oxygen atoms in total. The summed E-state index contributed by atoms with van der Waals surface area (Å²) in [5.74, 6) is 0. The van der Waals surface area contributed by atoms with Crippen molar-refractivity contribution >= 4 is 34.3 Å². The second kappa shape index (κ2) is 7.54. The van der Waals surface area contributed by atoms with Crippen LogP contribution >= 0.6 is 0 Å². The average Bonchev–Trinajstić information content (AvgIpc) is 2.66. The minimum absolute atomic E-state index is 0.181. The Hall–Kier alpha value is -2.41. The van der Waals surface area contributed by atoms with E-state index >= 15 is 0 Å². The van der Waals surface area contributed by atoms with Gasteiger partial charge in [-0.15, -0.1) is 0 Å². The van der Waals surface area contributed by atoms with E-state index in [-0.39, 0.29) is 9.93 Å². The molecule has 3 rings (SSSR count). The van der Waals surface area contributed by atoms with Gasteiger partial charge in [0.15, 0.2) is 0 Å². The molecule has 0 unspecified atom stereocenters. The van der Waals surface area contributed by atoms with Gasteiger partial charge in [-0.2, -0.15) is 0 Å². The van der Waals surface area contributed by atoms with E-state index in [0.717, 1.165) is 10.4 Å². The van der Waals surface area contributed by atoms with Gasteiger partial charge in [0.05, 0.1) is 4.90 Å². The Kier molecular flexibility index (Phi) is 5.47. The number of nitrogen functional groups attached to an aromatic ring is 1. The van der Waals surface area contributed by atoms with Gasteiger partial charge in [-0.25, -0.2) is 12.8 Å². The summed E-state index contributed by atoms with van der Waals surface area (Å²) in [6.45, 7) is 6.29. The van der Waals surface area contributed by atoms with E-state index in [9.17, 15) is 8.42 Å². The third-order valence-electron chi connectivity index (χ3n) is 4.99. The predicted molar refractivity (Wildman–Crippen MR) is 119 cm³/mol. The van der Waals surface area contributed by atoms with Crippen molar-refractivity contribution in [3.8, 4) is 0 Å². The zero-order valence-corrected chi connectivity index (χ0v) is 18.2. The number of nitrogens with one attached hydrogen (secondary N) is 1. The van der Waals surface area contributed by atoms with Crippen molar-refractivity contribution in [3.05, 3.63) is 84.9 Å². The Morgan fingerprint density at radius 2 is 1.29 bits per heavy atom. The van der Waals surface area contributed by atoms with Crippen LogP contribution in [0.5, 0.6) is 0 Å². The molecule has 0 bridgehead atoms. The van der Waals surface area contributed by atoms with Crippen LogP contribution in [0.1, 0.15) is 20.8 Å². The molecule has 0 radical (unpaired) electrons. The van der Waals surface area contributed by atoms with Crippen molar-refractivity contribution < 1.29 is 8.42 Å².